The number of carbonyl (C=O) groups is 1. The number of nitrogens with zero attached hydrogens (tertiary/aromatic N) is 4. The summed E-state index contributed by atoms with van der Waals surface area (Å²) in [5, 5.41) is 8.76. The molecule has 1 amide bonds. The molecule has 0 saturated carbocycles. The van der Waals surface area contributed by atoms with Crippen LogP contribution in [0.2, 0.25) is 0 Å². The van der Waals surface area contributed by atoms with Crippen LogP contribution in [0.25, 0.3) is 21.3 Å². The molecule has 0 spiro atoms. The summed E-state index contributed by atoms with van der Waals surface area (Å²) in [4.78, 5) is 22.2. The van der Waals surface area contributed by atoms with Gasteiger partial charge in [-0.2, -0.15) is 5.10 Å². The van der Waals surface area contributed by atoms with E-state index in [1.54, 1.807) is 4.68 Å². The molecule has 0 bridgehead atoms. The lowest BCUT2D eigenvalue weighted by Gasteiger charge is -2.09. The van der Waals surface area contributed by atoms with Gasteiger partial charge in [0.1, 0.15) is 0 Å². The molecule has 132 valence electrons. The highest BCUT2D eigenvalue weighted by Crippen LogP contribution is 2.28. The van der Waals surface area contributed by atoms with Gasteiger partial charge >= 0.3 is 0 Å². The first-order valence-corrected chi connectivity index (χ1v) is 9.27. The van der Waals surface area contributed by atoms with Crippen molar-refractivity contribution < 1.29 is 4.79 Å². The van der Waals surface area contributed by atoms with Crippen LogP contribution in [0.15, 0.2) is 30.3 Å². The van der Waals surface area contributed by atoms with Crippen LogP contribution in [0.3, 0.4) is 0 Å². The van der Waals surface area contributed by atoms with Gasteiger partial charge in [-0.3, -0.25) is 14.8 Å². The third-order valence-corrected chi connectivity index (χ3v) is 5.29. The van der Waals surface area contributed by atoms with Crippen molar-refractivity contribution in [3.63, 3.8) is 0 Å². The standard InChI is InChI=1S/C19H19N5OS/c1-10(2)14-9-12(16-11(3)23-24(4)17(16)20-14)18(25)22-19-21-13-7-5-6-8-15(13)26-19/h5-10H,1-4H3,(H,21,22,25). The van der Waals surface area contributed by atoms with Gasteiger partial charge in [0.2, 0.25) is 0 Å². The van der Waals surface area contributed by atoms with Gasteiger partial charge in [0.15, 0.2) is 10.8 Å². The van der Waals surface area contributed by atoms with Crippen molar-refractivity contribution in [3.05, 3.63) is 47.3 Å². The summed E-state index contributed by atoms with van der Waals surface area (Å²) in [6.45, 7) is 6.02. The number of anilines is 1. The second-order valence-corrected chi connectivity index (χ2v) is 7.63. The van der Waals surface area contributed by atoms with E-state index in [-0.39, 0.29) is 11.8 Å². The molecule has 7 heteroatoms. The molecule has 0 radical (unpaired) electrons. The Labute approximate surface area is 154 Å². The maximum absolute atomic E-state index is 13.0. The molecule has 0 fully saturated rings. The largest absolute Gasteiger partial charge is 0.298 e. The number of pyridine rings is 1. The minimum absolute atomic E-state index is 0.186. The Balaban J connectivity index is 1.80. The lowest BCUT2D eigenvalue weighted by Crippen LogP contribution is -2.14. The number of hydrogen-bond acceptors (Lipinski definition) is 5. The van der Waals surface area contributed by atoms with Crippen LogP contribution in [0.5, 0.6) is 0 Å². The maximum atomic E-state index is 13.0. The topological polar surface area (TPSA) is 72.7 Å². The zero-order chi connectivity index (χ0) is 18.4. The van der Waals surface area contributed by atoms with E-state index in [1.807, 2.05) is 44.3 Å². The van der Waals surface area contributed by atoms with Gasteiger partial charge in [-0.1, -0.05) is 37.3 Å². The molecule has 1 N–H and O–H groups in total. The summed E-state index contributed by atoms with van der Waals surface area (Å²) >= 11 is 1.47. The van der Waals surface area contributed by atoms with E-state index in [0.29, 0.717) is 10.7 Å². The number of carbonyl (C=O) groups excluding carboxylic acids is 1. The number of benzene rings is 1. The fraction of sp³-hybridized carbons (Fsp3) is 0.263. The molecule has 0 aliphatic heterocycles. The number of para-hydroxylation sites is 1. The molecule has 26 heavy (non-hydrogen) atoms. The quantitative estimate of drug-likeness (QED) is 0.589. The fourth-order valence-electron chi connectivity index (χ4n) is 3.03. The Kier molecular flexibility index (Phi) is 3.96. The fourth-order valence-corrected chi connectivity index (χ4v) is 3.89. The molecule has 1 aromatic carbocycles. The monoisotopic (exact) mass is 365 g/mol. The summed E-state index contributed by atoms with van der Waals surface area (Å²) in [7, 11) is 1.85. The Morgan fingerprint density at radius 2 is 2.00 bits per heavy atom. The van der Waals surface area contributed by atoms with Gasteiger partial charge in [-0.25, -0.2) is 9.97 Å². The van der Waals surface area contributed by atoms with E-state index >= 15 is 0 Å². The highest BCUT2D eigenvalue weighted by atomic mass is 32.1. The number of aromatic nitrogens is 4. The van der Waals surface area contributed by atoms with Crippen LogP contribution in [0.1, 0.15) is 41.5 Å². The van der Waals surface area contributed by atoms with E-state index < -0.39 is 0 Å². The molecule has 0 atom stereocenters. The van der Waals surface area contributed by atoms with Crippen molar-refractivity contribution in [1.29, 1.82) is 0 Å². The third-order valence-electron chi connectivity index (χ3n) is 4.34. The number of fused-ring (bicyclic) bond motifs is 2. The number of rotatable bonds is 3. The summed E-state index contributed by atoms with van der Waals surface area (Å²) in [6, 6.07) is 9.70. The lowest BCUT2D eigenvalue weighted by atomic mass is 10.0. The maximum Gasteiger partial charge on any atom is 0.258 e. The van der Waals surface area contributed by atoms with Gasteiger partial charge in [0, 0.05) is 12.7 Å². The highest BCUT2D eigenvalue weighted by Gasteiger charge is 2.20. The SMILES string of the molecule is Cc1nn(C)c2nc(C(C)C)cc(C(=O)Nc3nc4ccccc4s3)c12. The predicted molar refractivity (Wildman–Crippen MR) is 105 cm³/mol. The zero-order valence-electron chi connectivity index (χ0n) is 15.1. The van der Waals surface area contributed by atoms with Crippen molar-refractivity contribution in [2.75, 3.05) is 5.32 Å². The normalized spacial score (nSPS) is 11.6. The van der Waals surface area contributed by atoms with E-state index in [1.165, 1.54) is 11.3 Å². The van der Waals surface area contributed by atoms with Gasteiger partial charge < -0.3 is 0 Å². The van der Waals surface area contributed by atoms with Crippen molar-refractivity contribution in [1.82, 2.24) is 19.7 Å². The summed E-state index contributed by atoms with van der Waals surface area (Å²) in [6.07, 6.45) is 0. The van der Waals surface area contributed by atoms with Crippen molar-refractivity contribution in [2.24, 2.45) is 7.05 Å². The Hall–Kier alpha value is -2.80. The zero-order valence-corrected chi connectivity index (χ0v) is 15.9. The lowest BCUT2D eigenvalue weighted by molar-refractivity contribution is 0.102. The van der Waals surface area contributed by atoms with Crippen LogP contribution >= 0.6 is 11.3 Å². The molecule has 0 aliphatic carbocycles. The summed E-state index contributed by atoms with van der Waals surface area (Å²) in [5.74, 6) is 0.0260. The molecule has 0 saturated heterocycles. The molecule has 3 heterocycles. The van der Waals surface area contributed by atoms with Gasteiger partial charge in [-0.15, -0.1) is 0 Å². The van der Waals surface area contributed by atoms with Crippen molar-refractivity contribution >= 4 is 43.6 Å². The molecule has 6 nitrogen and oxygen atoms in total. The second-order valence-electron chi connectivity index (χ2n) is 6.60. The highest BCUT2D eigenvalue weighted by molar-refractivity contribution is 7.22. The minimum atomic E-state index is -0.186. The minimum Gasteiger partial charge on any atom is -0.298 e. The second kappa shape index (κ2) is 6.17. The molecule has 0 unspecified atom stereocenters. The summed E-state index contributed by atoms with van der Waals surface area (Å²) < 4.78 is 2.77. The Morgan fingerprint density at radius 3 is 2.73 bits per heavy atom. The number of nitrogens with one attached hydrogen (secondary N) is 1. The number of amides is 1. The molecule has 4 rings (SSSR count). The van der Waals surface area contributed by atoms with E-state index in [9.17, 15) is 4.79 Å². The van der Waals surface area contributed by atoms with Gasteiger partial charge in [-0.05, 0) is 31.0 Å². The van der Waals surface area contributed by atoms with E-state index in [2.05, 4.69) is 34.2 Å². The van der Waals surface area contributed by atoms with Gasteiger partial charge in [0.05, 0.1) is 26.9 Å². The number of hydrogen-bond donors (Lipinski definition) is 1. The first kappa shape index (κ1) is 16.7. The van der Waals surface area contributed by atoms with Crippen LogP contribution in [0, 0.1) is 6.92 Å². The van der Waals surface area contributed by atoms with Crippen LogP contribution in [-0.2, 0) is 7.05 Å². The average Bonchev–Trinajstić information content (AvgIpc) is 3.14. The Morgan fingerprint density at radius 1 is 1.23 bits per heavy atom. The van der Waals surface area contributed by atoms with Crippen LogP contribution in [0.4, 0.5) is 5.13 Å². The van der Waals surface area contributed by atoms with Crippen molar-refractivity contribution in [3.8, 4) is 0 Å². The van der Waals surface area contributed by atoms with E-state index in [4.69, 9.17) is 0 Å². The first-order chi connectivity index (χ1) is 12.4. The number of thiazole rings is 1. The molecule has 3 aromatic heterocycles. The van der Waals surface area contributed by atoms with Crippen LogP contribution < -0.4 is 5.32 Å². The van der Waals surface area contributed by atoms with E-state index in [0.717, 1.165) is 32.6 Å². The van der Waals surface area contributed by atoms with Crippen molar-refractivity contribution in [2.45, 2.75) is 26.7 Å². The number of aryl methyl sites for hydroxylation is 2. The first-order valence-electron chi connectivity index (χ1n) is 8.45. The Bertz CT molecular complexity index is 1110. The van der Waals surface area contributed by atoms with Crippen LogP contribution in [-0.4, -0.2) is 25.7 Å². The molecular formula is C19H19N5OS. The third kappa shape index (κ3) is 2.74. The molecular weight excluding hydrogens is 346 g/mol. The predicted octanol–water partition coefficient (Wildman–Crippen LogP) is 4.26. The molecule has 4 aromatic rings. The molecule has 0 aliphatic rings. The smallest absolute Gasteiger partial charge is 0.258 e. The average molecular weight is 365 g/mol. The van der Waals surface area contributed by atoms with Gasteiger partial charge in [0.25, 0.3) is 5.91 Å². The summed E-state index contributed by atoms with van der Waals surface area (Å²) in [5.41, 5.74) is 3.86.